The van der Waals surface area contributed by atoms with Crippen molar-refractivity contribution in [2.45, 2.75) is 16.6 Å². The normalized spacial score (nSPS) is 13.5. The Morgan fingerprint density at radius 3 is 2.27 bits per heavy atom. The summed E-state index contributed by atoms with van der Waals surface area (Å²) in [6.45, 7) is 0. The van der Waals surface area contributed by atoms with Gasteiger partial charge in [0.05, 0.1) is 3.74 Å². The van der Waals surface area contributed by atoms with E-state index < -0.39 is 5.97 Å². The molecule has 0 bridgehead atoms. The summed E-state index contributed by atoms with van der Waals surface area (Å²) in [6.07, 6.45) is 0.908. The zero-order chi connectivity index (χ0) is 8.85. The standard InChI is InChI=1S/C6H9Br3O2/c7-3-4(6(8)9)1-2-5(10)11/h4,6H,1-3H2,(H,10,11). The molecule has 0 aromatic heterocycles. The molecule has 0 aliphatic rings. The second-order valence-corrected chi connectivity index (χ2v) is 6.03. The predicted octanol–water partition coefficient (Wildman–Crippen LogP) is 2.98. The molecule has 66 valence electrons. The van der Waals surface area contributed by atoms with Gasteiger partial charge in [0.15, 0.2) is 0 Å². The average molecular weight is 353 g/mol. The zero-order valence-electron chi connectivity index (χ0n) is 5.77. The first-order valence-corrected chi connectivity index (χ1v) is 6.09. The van der Waals surface area contributed by atoms with E-state index in [1.165, 1.54) is 0 Å². The van der Waals surface area contributed by atoms with Gasteiger partial charge in [0, 0.05) is 11.8 Å². The maximum Gasteiger partial charge on any atom is 0.303 e. The van der Waals surface area contributed by atoms with Crippen LogP contribution in [0.15, 0.2) is 0 Å². The Balaban J connectivity index is 3.61. The Bertz CT molecular complexity index is 127. The van der Waals surface area contributed by atoms with Crippen molar-refractivity contribution in [3.05, 3.63) is 0 Å². The third-order valence-corrected chi connectivity index (χ3v) is 3.61. The Hall–Kier alpha value is 0.910. The predicted molar refractivity (Wildman–Crippen MR) is 55.8 cm³/mol. The van der Waals surface area contributed by atoms with Crippen LogP contribution in [0.5, 0.6) is 0 Å². The molecule has 5 heteroatoms. The van der Waals surface area contributed by atoms with E-state index in [0.717, 1.165) is 5.33 Å². The molecule has 1 atom stereocenters. The number of carboxylic acids is 1. The third-order valence-electron chi connectivity index (χ3n) is 1.28. The van der Waals surface area contributed by atoms with Crippen LogP contribution in [0.25, 0.3) is 0 Å². The van der Waals surface area contributed by atoms with Crippen LogP contribution < -0.4 is 0 Å². The molecule has 0 saturated carbocycles. The van der Waals surface area contributed by atoms with Crippen molar-refractivity contribution in [1.29, 1.82) is 0 Å². The summed E-state index contributed by atoms with van der Waals surface area (Å²) in [5.41, 5.74) is 0. The minimum absolute atomic E-state index is 0.189. The minimum Gasteiger partial charge on any atom is -0.481 e. The third kappa shape index (κ3) is 6.11. The lowest BCUT2D eigenvalue weighted by atomic mass is 10.1. The van der Waals surface area contributed by atoms with Gasteiger partial charge in [-0.2, -0.15) is 0 Å². The van der Waals surface area contributed by atoms with Gasteiger partial charge in [0.1, 0.15) is 0 Å². The lowest BCUT2D eigenvalue weighted by molar-refractivity contribution is -0.137. The molecule has 0 aliphatic carbocycles. The highest BCUT2D eigenvalue weighted by Crippen LogP contribution is 2.25. The van der Waals surface area contributed by atoms with Gasteiger partial charge < -0.3 is 5.11 Å². The van der Waals surface area contributed by atoms with E-state index in [4.69, 9.17) is 5.11 Å². The number of carbonyl (C=O) groups is 1. The number of hydrogen-bond acceptors (Lipinski definition) is 1. The molecule has 0 rings (SSSR count). The minimum atomic E-state index is -0.739. The van der Waals surface area contributed by atoms with Gasteiger partial charge in [-0.05, 0) is 12.3 Å². The van der Waals surface area contributed by atoms with Crippen LogP contribution >= 0.6 is 47.8 Å². The van der Waals surface area contributed by atoms with Crippen molar-refractivity contribution >= 4 is 53.8 Å². The Morgan fingerprint density at radius 2 is 2.00 bits per heavy atom. The van der Waals surface area contributed by atoms with Crippen molar-refractivity contribution in [3.63, 3.8) is 0 Å². The lowest BCUT2D eigenvalue weighted by Crippen LogP contribution is -2.12. The summed E-state index contributed by atoms with van der Waals surface area (Å²) in [5, 5.41) is 9.20. The molecule has 0 heterocycles. The molecule has 0 aromatic carbocycles. The summed E-state index contributed by atoms with van der Waals surface area (Å²) in [6, 6.07) is 0. The number of carboxylic acid groups (broad SMARTS) is 1. The summed E-state index contributed by atoms with van der Waals surface area (Å²) < 4.78 is 0.189. The monoisotopic (exact) mass is 350 g/mol. The van der Waals surface area contributed by atoms with E-state index >= 15 is 0 Å². The number of rotatable bonds is 5. The van der Waals surface area contributed by atoms with Crippen LogP contribution in [0.4, 0.5) is 0 Å². The highest BCUT2D eigenvalue weighted by Gasteiger charge is 2.15. The Morgan fingerprint density at radius 1 is 1.45 bits per heavy atom. The first-order valence-electron chi connectivity index (χ1n) is 3.13. The molecule has 1 N–H and O–H groups in total. The fraction of sp³-hybridized carbons (Fsp3) is 0.833. The molecule has 0 amide bonds. The van der Waals surface area contributed by atoms with E-state index in [1.54, 1.807) is 0 Å². The molecule has 0 aromatic rings. The highest BCUT2D eigenvalue weighted by atomic mass is 79.9. The van der Waals surface area contributed by atoms with E-state index in [1.807, 2.05) is 0 Å². The summed E-state index contributed by atoms with van der Waals surface area (Å²) >= 11 is 10.0. The average Bonchev–Trinajstić information content (AvgIpc) is 1.87. The highest BCUT2D eigenvalue weighted by molar-refractivity contribution is 9.24. The van der Waals surface area contributed by atoms with Crippen LogP contribution in [-0.4, -0.2) is 20.1 Å². The van der Waals surface area contributed by atoms with Crippen LogP contribution in [0.2, 0.25) is 0 Å². The lowest BCUT2D eigenvalue weighted by Gasteiger charge is -2.13. The smallest absolute Gasteiger partial charge is 0.303 e. The molecule has 11 heavy (non-hydrogen) atoms. The SMILES string of the molecule is O=C(O)CCC(CBr)C(Br)Br. The molecule has 0 saturated heterocycles. The second kappa shape index (κ2) is 6.43. The maximum atomic E-state index is 10.2. The molecule has 0 radical (unpaired) electrons. The molecule has 0 spiro atoms. The van der Waals surface area contributed by atoms with E-state index in [0.29, 0.717) is 12.3 Å². The molecular weight excluding hydrogens is 344 g/mol. The molecular formula is C6H9Br3O2. The van der Waals surface area contributed by atoms with E-state index in [9.17, 15) is 4.79 Å². The first-order chi connectivity index (χ1) is 5.07. The number of alkyl halides is 3. The largest absolute Gasteiger partial charge is 0.481 e. The fourth-order valence-corrected chi connectivity index (χ4v) is 3.18. The summed E-state index contributed by atoms with van der Waals surface area (Å²) in [7, 11) is 0. The van der Waals surface area contributed by atoms with E-state index in [2.05, 4.69) is 47.8 Å². The van der Waals surface area contributed by atoms with Gasteiger partial charge >= 0.3 is 5.97 Å². The number of aliphatic carboxylic acids is 1. The van der Waals surface area contributed by atoms with Gasteiger partial charge in [0.25, 0.3) is 0 Å². The van der Waals surface area contributed by atoms with Gasteiger partial charge in [-0.25, -0.2) is 0 Å². The van der Waals surface area contributed by atoms with Crippen molar-refractivity contribution in [2.24, 2.45) is 5.92 Å². The topological polar surface area (TPSA) is 37.3 Å². The quantitative estimate of drug-likeness (QED) is 0.772. The van der Waals surface area contributed by atoms with Crippen LogP contribution in [-0.2, 0) is 4.79 Å². The summed E-state index contributed by atoms with van der Waals surface area (Å²) in [5.74, 6) is -0.414. The van der Waals surface area contributed by atoms with Crippen LogP contribution in [0.3, 0.4) is 0 Å². The van der Waals surface area contributed by atoms with Gasteiger partial charge in [-0.1, -0.05) is 47.8 Å². The van der Waals surface area contributed by atoms with E-state index in [-0.39, 0.29) is 10.2 Å². The van der Waals surface area contributed by atoms with Gasteiger partial charge in [-0.15, -0.1) is 0 Å². The van der Waals surface area contributed by atoms with Gasteiger partial charge in [-0.3, -0.25) is 4.79 Å². The fourth-order valence-electron chi connectivity index (χ4n) is 0.579. The molecule has 1 unspecified atom stereocenters. The van der Waals surface area contributed by atoms with Crippen molar-refractivity contribution in [3.8, 4) is 0 Å². The van der Waals surface area contributed by atoms with Crippen LogP contribution in [0, 0.1) is 5.92 Å². The maximum absolute atomic E-state index is 10.2. The molecule has 2 nitrogen and oxygen atoms in total. The molecule has 0 fully saturated rings. The number of halogens is 3. The first kappa shape index (κ1) is 11.9. The Kier molecular flexibility index (Phi) is 6.96. The molecule has 0 aliphatic heterocycles. The summed E-state index contributed by atoms with van der Waals surface area (Å²) in [4.78, 5) is 10.2. The number of hydrogen-bond donors (Lipinski definition) is 1. The zero-order valence-corrected chi connectivity index (χ0v) is 10.5. The van der Waals surface area contributed by atoms with Crippen LogP contribution in [0.1, 0.15) is 12.8 Å². The van der Waals surface area contributed by atoms with Gasteiger partial charge in [0.2, 0.25) is 0 Å². The second-order valence-electron chi connectivity index (χ2n) is 2.18. The van der Waals surface area contributed by atoms with Crippen molar-refractivity contribution in [1.82, 2.24) is 0 Å². The van der Waals surface area contributed by atoms with Crippen molar-refractivity contribution < 1.29 is 9.90 Å². The van der Waals surface area contributed by atoms with Crippen molar-refractivity contribution in [2.75, 3.05) is 5.33 Å². The Labute approximate surface area is 91.1 Å².